The van der Waals surface area contributed by atoms with Crippen LogP contribution in [0, 0.1) is 12.3 Å². The van der Waals surface area contributed by atoms with Gasteiger partial charge in [0.15, 0.2) is 0 Å². The molecular weight excluding hydrogens is 282 g/mol. The lowest BCUT2D eigenvalue weighted by Crippen LogP contribution is -2.20. The van der Waals surface area contributed by atoms with Crippen LogP contribution in [0.2, 0.25) is 0 Å². The highest BCUT2D eigenvalue weighted by Crippen LogP contribution is 2.31. The first-order valence-electron chi connectivity index (χ1n) is 5.84. The van der Waals surface area contributed by atoms with Crippen molar-refractivity contribution in [3.05, 3.63) is 20.3 Å². The summed E-state index contributed by atoms with van der Waals surface area (Å²) in [4.78, 5) is 1.45. The zero-order valence-electron chi connectivity index (χ0n) is 10.7. The molecule has 0 fully saturated rings. The predicted octanol–water partition coefficient (Wildman–Crippen LogP) is 4.39. The highest BCUT2D eigenvalue weighted by molar-refractivity contribution is 9.11. The van der Waals surface area contributed by atoms with Crippen molar-refractivity contribution in [2.24, 2.45) is 5.41 Å². The van der Waals surface area contributed by atoms with Gasteiger partial charge in [-0.15, -0.1) is 11.3 Å². The van der Waals surface area contributed by atoms with Gasteiger partial charge in [-0.25, -0.2) is 0 Å². The van der Waals surface area contributed by atoms with Crippen LogP contribution in [0.25, 0.3) is 0 Å². The maximum atomic E-state index is 3.55. The van der Waals surface area contributed by atoms with Gasteiger partial charge in [-0.2, -0.15) is 0 Å². The molecule has 0 saturated carbocycles. The lowest BCUT2D eigenvalue weighted by molar-refractivity contribution is 0.305. The van der Waals surface area contributed by atoms with Crippen LogP contribution in [0.15, 0.2) is 9.85 Å². The normalized spacial score (nSPS) is 12.1. The molecular formula is C13H22BrNS. The fourth-order valence-corrected chi connectivity index (χ4v) is 3.58. The standard InChI is InChI=1S/C13H22BrNS/c1-10-11(9-12(14)16-10)5-6-13(2,3)7-8-15-4/h9,15H,5-8H2,1-4H3. The molecule has 0 amide bonds. The van der Waals surface area contributed by atoms with Crippen LogP contribution in [0.3, 0.4) is 0 Å². The first-order valence-corrected chi connectivity index (χ1v) is 7.45. The van der Waals surface area contributed by atoms with E-state index in [4.69, 9.17) is 0 Å². The van der Waals surface area contributed by atoms with Gasteiger partial charge in [-0.1, -0.05) is 13.8 Å². The largest absolute Gasteiger partial charge is 0.320 e. The second-order valence-corrected chi connectivity index (χ2v) is 7.79. The summed E-state index contributed by atoms with van der Waals surface area (Å²) in [7, 11) is 2.02. The van der Waals surface area contributed by atoms with E-state index in [0.717, 1.165) is 6.54 Å². The van der Waals surface area contributed by atoms with E-state index in [2.05, 4.69) is 48.1 Å². The first-order chi connectivity index (χ1) is 7.44. The molecule has 0 radical (unpaired) electrons. The van der Waals surface area contributed by atoms with Gasteiger partial charge in [0.1, 0.15) is 0 Å². The summed E-state index contributed by atoms with van der Waals surface area (Å²) in [6, 6.07) is 2.27. The van der Waals surface area contributed by atoms with Crippen LogP contribution >= 0.6 is 27.3 Å². The van der Waals surface area contributed by atoms with E-state index in [9.17, 15) is 0 Å². The minimum atomic E-state index is 0.434. The van der Waals surface area contributed by atoms with E-state index in [1.807, 2.05) is 18.4 Å². The molecule has 0 aromatic carbocycles. The molecule has 1 aromatic rings. The number of hydrogen-bond acceptors (Lipinski definition) is 2. The van der Waals surface area contributed by atoms with Crippen molar-refractivity contribution in [2.75, 3.05) is 13.6 Å². The maximum Gasteiger partial charge on any atom is 0.0704 e. The third-order valence-corrected chi connectivity index (χ3v) is 4.71. The van der Waals surface area contributed by atoms with Crippen LogP contribution in [-0.4, -0.2) is 13.6 Å². The van der Waals surface area contributed by atoms with Crippen molar-refractivity contribution >= 4 is 27.3 Å². The number of halogens is 1. The zero-order valence-corrected chi connectivity index (χ0v) is 13.1. The molecule has 0 aliphatic rings. The van der Waals surface area contributed by atoms with E-state index in [1.54, 1.807) is 0 Å². The lowest BCUT2D eigenvalue weighted by Gasteiger charge is -2.24. The SMILES string of the molecule is CNCCC(C)(C)CCc1cc(Br)sc1C. The Morgan fingerprint density at radius 2 is 2.06 bits per heavy atom. The van der Waals surface area contributed by atoms with Crippen LogP contribution in [0.4, 0.5) is 0 Å². The molecule has 92 valence electrons. The minimum Gasteiger partial charge on any atom is -0.320 e. The van der Waals surface area contributed by atoms with Crippen molar-refractivity contribution in [1.29, 1.82) is 0 Å². The van der Waals surface area contributed by atoms with Gasteiger partial charge in [0.2, 0.25) is 0 Å². The Hall–Kier alpha value is 0.140. The summed E-state index contributed by atoms with van der Waals surface area (Å²) < 4.78 is 1.26. The van der Waals surface area contributed by atoms with Crippen LogP contribution in [0.5, 0.6) is 0 Å². The van der Waals surface area contributed by atoms with E-state index in [0.29, 0.717) is 5.41 Å². The second-order valence-electron chi connectivity index (χ2n) is 5.15. The number of thiophene rings is 1. The predicted molar refractivity (Wildman–Crippen MR) is 77.4 cm³/mol. The van der Waals surface area contributed by atoms with Gasteiger partial charge in [-0.3, -0.25) is 0 Å². The van der Waals surface area contributed by atoms with Crippen LogP contribution < -0.4 is 5.32 Å². The number of nitrogens with one attached hydrogen (secondary N) is 1. The maximum absolute atomic E-state index is 3.55. The topological polar surface area (TPSA) is 12.0 Å². The fourth-order valence-electron chi connectivity index (χ4n) is 1.79. The van der Waals surface area contributed by atoms with Gasteiger partial charge in [-0.05, 0) is 72.8 Å². The quantitative estimate of drug-likeness (QED) is 0.822. The minimum absolute atomic E-state index is 0.434. The Bertz CT molecular complexity index is 331. The third-order valence-electron chi connectivity index (χ3n) is 3.11. The first kappa shape index (κ1) is 14.2. The molecule has 3 heteroatoms. The number of aryl methyl sites for hydroxylation is 2. The molecule has 1 heterocycles. The molecule has 16 heavy (non-hydrogen) atoms. The average Bonchev–Trinajstić information content (AvgIpc) is 2.52. The molecule has 0 atom stereocenters. The van der Waals surface area contributed by atoms with Crippen molar-refractivity contribution in [3.63, 3.8) is 0 Å². The third kappa shape index (κ3) is 4.56. The van der Waals surface area contributed by atoms with Crippen LogP contribution in [0.1, 0.15) is 37.1 Å². The van der Waals surface area contributed by atoms with E-state index in [1.165, 1.54) is 33.5 Å². The second kappa shape index (κ2) is 6.18. The monoisotopic (exact) mass is 303 g/mol. The molecule has 0 bridgehead atoms. The summed E-state index contributed by atoms with van der Waals surface area (Å²) in [6.45, 7) is 8.05. The van der Waals surface area contributed by atoms with Crippen molar-refractivity contribution < 1.29 is 0 Å². The Labute approximate surface area is 112 Å². The molecule has 0 unspecified atom stereocenters. The summed E-state index contributed by atoms with van der Waals surface area (Å²) >= 11 is 5.40. The molecule has 1 N–H and O–H groups in total. The summed E-state index contributed by atoms with van der Waals surface area (Å²) in [5, 5.41) is 3.23. The summed E-state index contributed by atoms with van der Waals surface area (Å²) in [5.74, 6) is 0. The summed E-state index contributed by atoms with van der Waals surface area (Å²) in [6.07, 6.45) is 3.71. The number of hydrogen-bond donors (Lipinski definition) is 1. The Morgan fingerprint density at radius 1 is 1.38 bits per heavy atom. The van der Waals surface area contributed by atoms with Gasteiger partial charge in [0.25, 0.3) is 0 Å². The highest BCUT2D eigenvalue weighted by Gasteiger charge is 2.17. The fraction of sp³-hybridized carbons (Fsp3) is 0.692. The van der Waals surface area contributed by atoms with E-state index in [-0.39, 0.29) is 0 Å². The smallest absolute Gasteiger partial charge is 0.0704 e. The van der Waals surface area contributed by atoms with Gasteiger partial charge < -0.3 is 5.32 Å². The molecule has 0 saturated heterocycles. The highest BCUT2D eigenvalue weighted by atomic mass is 79.9. The van der Waals surface area contributed by atoms with Crippen LogP contribution in [-0.2, 0) is 6.42 Å². The zero-order chi connectivity index (χ0) is 12.2. The Balaban J connectivity index is 2.47. The Kier molecular flexibility index (Phi) is 5.48. The molecule has 0 spiro atoms. The summed E-state index contributed by atoms with van der Waals surface area (Å²) in [5.41, 5.74) is 1.94. The average molecular weight is 304 g/mol. The lowest BCUT2D eigenvalue weighted by atomic mass is 9.83. The van der Waals surface area contributed by atoms with Gasteiger partial charge in [0, 0.05) is 4.88 Å². The number of rotatable bonds is 6. The molecule has 1 rings (SSSR count). The Morgan fingerprint density at radius 3 is 2.56 bits per heavy atom. The molecule has 1 nitrogen and oxygen atoms in total. The van der Waals surface area contributed by atoms with Crippen molar-refractivity contribution in [3.8, 4) is 0 Å². The molecule has 1 aromatic heterocycles. The molecule has 0 aliphatic carbocycles. The van der Waals surface area contributed by atoms with Gasteiger partial charge >= 0.3 is 0 Å². The van der Waals surface area contributed by atoms with Crippen molar-refractivity contribution in [2.45, 2.75) is 40.0 Å². The van der Waals surface area contributed by atoms with Crippen molar-refractivity contribution in [1.82, 2.24) is 5.32 Å². The van der Waals surface area contributed by atoms with Gasteiger partial charge in [0.05, 0.1) is 3.79 Å². The van der Waals surface area contributed by atoms with E-state index < -0.39 is 0 Å². The van der Waals surface area contributed by atoms with E-state index >= 15 is 0 Å². The molecule has 0 aliphatic heterocycles.